The number of aryl methyl sites for hydroxylation is 1. The van der Waals surface area contributed by atoms with E-state index in [1.54, 1.807) is 21.4 Å². The van der Waals surface area contributed by atoms with Crippen molar-refractivity contribution in [3.63, 3.8) is 0 Å². The fourth-order valence-corrected chi connectivity index (χ4v) is 10.7. The first-order chi connectivity index (χ1) is 32.2. The van der Waals surface area contributed by atoms with E-state index in [9.17, 15) is 38.4 Å². The Morgan fingerprint density at radius 2 is 1.46 bits per heavy atom. The Balaban J connectivity index is 0.847. The molecule has 4 fully saturated rings. The number of primary amides is 1. The van der Waals surface area contributed by atoms with Crippen molar-refractivity contribution in [2.24, 2.45) is 30.4 Å². The predicted octanol–water partition coefficient (Wildman–Crippen LogP) is 2.63. The Morgan fingerprint density at radius 3 is 2.12 bits per heavy atom. The molecule has 4 aliphatic rings. The number of nitrogens with one attached hydrogen (secondary N) is 3. The molecule has 7 amide bonds. The van der Waals surface area contributed by atoms with Gasteiger partial charge in [0.05, 0.1) is 17.1 Å². The molecule has 7 N–H and O–H groups in total. The lowest BCUT2D eigenvalue weighted by molar-refractivity contribution is -0.145. The summed E-state index contributed by atoms with van der Waals surface area (Å²) in [6.07, 6.45) is 6.47. The lowest BCUT2D eigenvalue weighted by Crippen LogP contribution is -2.60. The van der Waals surface area contributed by atoms with E-state index in [0.717, 1.165) is 54.3 Å². The third-order valence-electron chi connectivity index (χ3n) is 14.4. The van der Waals surface area contributed by atoms with Gasteiger partial charge in [0.2, 0.25) is 41.4 Å². The Morgan fingerprint density at radius 1 is 0.791 bits per heavy atom. The Kier molecular flexibility index (Phi) is 14.3. The first-order valence-electron chi connectivity index (χ1n) is 23.6. The number of benzene rings is 3. The van der Waals surface area contributed by atoms with Gasteiger partial charge in [-0.2, -0.15) is 0 Å². The number of rotatable bonds is 14. The van der Waals surface area contributed by atoms with Crippen LogP contribution < -0.4 is 33.1 Å². The van der Waals surface area contributed by atoms with Gasteiger partial charge in [-0.3, -0.25) is 48.0 Å². The molecule has 3 aliphatic heterocycles. The molecule has 5 atom stereocenters. The monoisotopic (exact) mass is 915 g/mol. The topological polar surface area (TPSA) is 241 Å². The smallest absolute Gasteiger partial charge is 0.329 e. The van der Waals surface area contributed by atoms with E-state index in [1.807, 2.05) is 78.9 Å². The summed E-state index contributed by atoms with van der Waals surface area (Å²) in [7, 11) is 1.69. The number of amides is 7. The van der Waals surface area contributed by atoms with Crippen molar-refractivity contribution in [1.82, 2.24) is 34.9 Å². The number of imidazole rings is 1. The quantitative estimate of drug-likeness (QED) is 0.117. The molecular formula is C50H61N9O8. The third-order valence-corrected chi connectivity index (χ3v) is 14.4. The summed E-state index contributed by atoms with van der Waals surface area (Å²) in [5.41, 5.74) is 15.9. The number of fused-ring (bicyclic) bond motifs is 2. The van der Waals surface area contributed by atoms with Gasteiger partial charge in [-0.1, -0.05) is 66.7 Å². The second-order valence-corrected chi connectivity index (χ2v) is 18.9. The second-order valence-electron chi connectivity index (χ2n) is 18.9. The molecule has 354 valence electrons. The van der Waals surface area contributed by atoms with Crippen LogP contribution in [-0.4, -0.2) is 97.5 Å². The molecule has 4 heterocycles. The van der Waals surface area contributed by atoms with Crippen molar-refractivity contribution in [2.45, 2.75) is 120 Å². The second kappa shape index (κ2) is 20.5. The van der Waals surface area contributed by atoms with Crippen LogP contribution in [0.3, 0.4) is 0 Å². The summed E-state index contributed by atoms with van der Waals surface area (Å²) in [5.74, 6) is -2.27. The average Bonchev–Trinajstić information content (AvgIpc) is 3.85. The largest absolute Gasteiger partial charge is 0.370 e. The van der Waals surface area contributed by atoms with Crippen LogP contribution in [0, 0.1) is 11.8 Å². The number of carbonyl (C=O) groups excluding carboxylic acids is 7. The third kappa shape index (κ3) is 10.5. The van der Waals surface area contributed by atoms with Crippen LogP contribution in [0.25, 0.3) is 11.0 Å². The van der Waals surface area contributed by atoms with Crippen molar-refractivity contribution < 1.29 is 33.6 Å². The van der Waals surface area contributed by atoms with Gasteiger partial charge in [0.15, 0.2) is 0 Å². The zero-order valence-electron chi connectivity index (χ0n) is 37.9. The van der Waals surface area contributed by atoms with Crippen molar-refractivity contribution in [1.29, 1.82) is 0 Å². The maximum absolute atomic E-state index is 14.1. The van der Waals surface area contributed by atoms with E-state index in [1.165, 1.54) is 4.57 Å². The maximum atomic E-state index is 14.1. The number of aromatic nitrogens is 2. The molecule has 4 aromatic rings. The van der Waals surface area contributed by atoms with Crippen LogP contribution in [-0.2, 0) is 47.0 Å². The fourth-order valence-electron chi connectivity index (χ4n) is 10.7. The van der Waals surface area contributed by atoms with Crippen LogP contribution in [0.2, 0.25) is 0 Å². The number of nitrogens with zero attached hydrogens (tertiary/aromatic N) is 4. The van der Waals surface area contributed by atoms with Gasteiger partial charge >= 0.3 is 5.69 Å². The molecule has 17 nitrogen and oxygen atoms in total. The number of piperidine rings is 1. The summed E-state index contributed by atoms with van der Waals surface area (Å²) >= 11 is 0. The molecule has 3 saturated heterocycles. The lowest BCUT2D eigenvalue weighted by atomic mass is 9.78. The van der Waals surface area contributed by atoms with Gasteiger partial charge in [0.25, 0.3) is 0 Å². The highest BCUT2D eigenvalue weighted by atomic mass is 16.2. The van der Waals surface area contributed by atoms with Crippen molar-refractivity contribution in [2.75, 3.05) is 13.1 Å². The predicted molar refractivity (Wildman–Crippen MR) is 248 cm³/mol. The van der Waals surface area contributed by atoms with Crippen LogP contribution in [0.15, 0.2) is 83.7 Å². The van der Waals surface area contributed by atoms with E-state index in [4.69, 9.17) is 11.5 Å². The van der Waals surface area contributed by atoms with E-state index < -0.39 is 59.7 Å². The molecule has 8 rings (SSSR count). The lowest BCUT2D eigenvalue weighted by Gasteiger charge is -2.38. The van der Waals surface area contributed by atoms with E-state index in [0.29, 0.717) is 43.7 Å². The molecule has 0 radical (unpaired) electrons. The summed E-state index contributed by atoms with van der Waals surface area (Å²) in [6, 6.07) is 20.1. The minimum absolute atomic E-state index is 0.0319. The van der Waals surface area contributed by atoms with Crippen molar-refractivity contribution >= 4 is 52.4 Å². The molecule has 3 aromatic carbocycles. The number of carbonyl (C=O) groups is 7. The Hall–Kier alpha value is -6.62. The fraction of sp³-hybridized carbons (Fsp3) is 0.480. The van der Waals surface area contributed by atoms with Crippen LogP contribution in [0.5, 0.6) is 0 Å². The van der Waals surface area contributed by atoms with Gasteiger partial charge in [0.1, 0.15) is 24.2 Å². The van der Waals surface area contributed by atoms with E-state index in [2.05, 4.69) is 16.0 Å². The first-order valence-corrected chi connectivity index (χ1v) is 23.6. The van der Waals surface area contributed by atoms with Crippen LogP contribution in [0.4, 0.5) is 0 Å². The maximum Gasteiger partial charge on any atom is 0.329 e. The van der Waals surface area contributed by atoms with Gasteiger partial charge in [-0.15, -0.1) is 0 Å². The summed E-state index contributed by atoms with van der Waals surface area (Å²) in [5, 5.41) is 8.27. The minimum Gasteiger partial charge on any atom is -0.370 e. The van der Waals surface area contributed by atoms with E-state index >= 15 is 0 Å². The van der Waals surface area contributed by atoms with Gasteiger partial charge in [-0.25, -0.2) is 4.79 Å². The standard InChI is InChI=1S/C50H61N9O8/c1-56-41-27-32(16-19-38(41)59(50(56)67)40-21-23-43(61)54-48(40)65)26-30-12-14-31(15-13-30)28-44(62)57-25-24-35-17-20-39(58(35)49(66)36(51)29-57)47(64)53-37(18-22-42(52)60)46(63)55-45(33-8-4-2-5-9-33)34-10-6-3-7-11-34/h2-11,16,19,27,30-31,35-37,39-40,45H,12-15,17-18,20-26,28-29,51H2,1H3,(H2,52,60)(H,53,64)(H,55,63)(H,54,61,65)/t30-,31+,35-,36+,37+,39+,40+/m1/s1. The van der Waals surface area contributed by atoms with Crippen LogP contribution >= 0.6 is 0 Å². The van der Waals surface area contributed by atoms with E-state index in [-0.39, 0.29) is 61.7 Å². The Labute approximate surface area is 389 Å². The highest BCUT2D eigenvalue weighted by molar-refractivity contribution is 6.00. The molecule has 1 aromatic heterocycles. The minimum atomic E-state index is -1.11. The molecule has 0 unspecified atom stereocenters. The first kappa shape index (κ1) is 46.9. The SMILES string of the molecule is Cn1c(=O)n([C@H]2CCC(=O)NC2=O)c2ccc(C[C@H]3CC[C@@H](CC(=O)N4CC[C@H]5CC[C@@H](C(=O)N[C@@H](CCC(N)=O)C(=O)NC(c6ccccc6)c6ccccc6)N5C(=O)[C@@H](N)C4)CC3)cc21. The average molecular weight is 916 g/mol. The zero-order valence-corrected chi connectivity index (χ0v) is 37.9. The van der Waals surface area contributed by atoms with Crippen LogP contribution in [0.1, 0.15) is 106 Å². The highest BCUT2D eigenvalue weighted by Gasteiger charge is 2.45. The number of imide groups is 1. The Bertz CT molecular complexity index is 2530. The summed E-state index contributed by atoms with van der Waals surface area (Å²) < 4.78 is 3.04. The highest BCUT2D eigenvalue weighted by Crippen LogP contribution is 2.35. The molecule has 67 heavy (non-hydrogen) atoms. The zero-order chi connectivity index (χ0) is 47.4. The van der Waals surface area contributed by atoms with Gasteiger partial charge in [0, 0.05) is 45.4 Å². The molecule has 17 heteroatoms. The van der Waals surface area contributed by atoms with Gasteiger partial charge < -0.3 is 31.9 Å². The number of hydrogen-bond donors (Lipinski definition) is 5. The molecule has 1 aliphatic carbocycles. The van der Waals surface area contributed by atoms with Gasteiger partial charge in [-0.05, 0) is 105 Å². The summed E-state index contributed by atoms with van der Waals surface area (Å²) in [6.45, 7) is 0.426. The molecule has 1 saturated carbocycles. The molecule has 0 bridgehead atoms. The normalized spacial score (nSPS) is 23.8. The number of nitrogens with two attached hydrogens (primary N) is 2. The van der Waals surface area contributed by atoms with Crippen molar-refractivity contribution in [3.05, 3.63) is 106 Å². The number of hydrogen-bond acceptors (Lipinski definition) is 9. The molecule has 0 spiro atoms. The summed E-state index contributed by atoms with van der Waals surface area (Å²) in [4.78, 5) is 109. The molecular weight excluding hydrogens is 855 g/mol. The van der Waals surface area contributed by atoms with Crippen molar-refractivity contribution in [3.8, 4) is 0 Å².